The van der Waals surface area contributed by atoms with Gasteiger partial charge in [-0.3, -0.25) is 9.97 Å². The van der Waals surface area contributed by atoms with E-state index in [-0.39, 0.29) is 0 Å². The van der Waals surface area contributed by atoms with Crippen molar-refractivity contribution in [2.24, 2.45) is 0 Å². The van der Waals surface area contributed by atoms with Gasteiger partial charge in [-0.2, -0.15) is 0 Å². The van der Waals surface area contributed by atoms with Crippen LogP contribution in [0.25, 0.3) is 11.4 Å². The van der Waals surface area contributed by atoms with Crippen LogP contribution in [0.2, 0.25) is 0 Å². The molecule has 0 amide bonds. The predicted molar refractivity (Wildman–Crippen MR) is 74.6 cm³/mol. The maximum atomic E-state index is 6.11. The first-order chi connectivity index (χ1) is 10.9. The van der Waals surface area contributed by atoms with E-state index >= 15 is 0 Å². The lowest BCUT2D eigenvalue weighted by Gasteiger charge is -2.55. The minimum Gasteiger partial charge on any atom is -0.339 e. The van der Waals surface area contributed by atoms with E-state index in [0.29, 0.717) is 26.4 Å². The van der Waals surface area contributed by atoms with Crippen LogP contribution in [0.4, 0.5) is 0 Å². The molecule has 3 aliphatic rings. The molecule has 2 aromatic rings. The van der Waals surface area contributed by atoms with E-state index in [4.69, 9.17) is 18.9 Å². The molecule has 0 aromatic carbocycles. The second kappa shape index (κ2) is 4.33. The van der Waals surface area contributed by atoms with Gasteiger partial charge in [0.25, 0.3) is 11.6 Å². The molecule has 0 radical (unpaired) electrons. The van der Waals surface area contributed by atoms with Crippen molar-refractivity contribution in [2.75, 3.05) is 26.4 Å². The Labute approximate surface area is 127 Å². The normalized spacial score (nSPS) is 32.4. The zero-order chi connectivity index (χ0) is 14.6. The predicted octanol–water partition coefficient (Wildman–Crippen LogP) is 1.56. The smallest absolute Gasteiger partial charge is 0.258 e. The third kappa shape index (κ3) is 1.34. The fraction of sp³-hybridized carbons (Fsp3) is 0.375. The van der Waals surface area contributed by atoms with Crippen molar-refractivity contribution in [3.05, 3.63) is 47.8 Å². The summed E-state index contributed by atoms with van der Waals surface area (Å²) in [6.07, 6.45) is 3.49. The summed E-state index contributed by atoms with van der Waals surface area (Å²) in [7, 11) is 0. The van der Waals surface area contributed by atoms with Crippen molar-refractivity contribution in [3.8, 4) is 11.4 Å². The maximum absolute atomic E-state index is 6.11. The number of aromatic nitrogens is 2. The van der Waals surface area contributed by atoms with E-state index in [1.54, 1.807) is 12.4 Å². The highest BCUT2D eigenvalue weighted by Gasteiger charge is 2.67. The van der Waals surface area contributed by atoms with Crippen LogP contribution < -0.4 is 0 Å². The van der Waals surface area contributed by atoms with Crippen molar-refractivity contribution in [2.45, 2.75) is 11.6 Å². The van der Waals surface area contributed by atoms with Crippen molar-refractivity contribution >= 4 is 0 Å². The average molecular weight is 298 g/mol. The van der Waals surface area contributed by atoms with Gasteiger partial charge in [0.1, 0.15) is 0 Å². The van der Waals surface area contributed by atoms with Gasteiger partial charge in [0, 0.05) is 23.5 Å². The molecule has 0 unspecified atom stereocenters. The van der Waals surface area contributed by atoms with Gasteiger partial charge in [-0.15, -0.1) is 0 Å². The number of hydrogen-bond donors (Lipinski definition) is 0. The zero-order valence-electron chi connectivity index (χ0n) is 11.8. The quantitative estimate of drug-likeness (QED) is 0.735. The van der Waals surface area contributed by atoms with E-state index < -0.39 is 11.6 Å². The average Bonchev–Trinajstić information content (AvgIpc) is 2.61. The molecule has 0 saturated carbocycles. The molecule has 22 heavy (non-hydrogen) atoms. The summed E-state index contributed by atoms with van der Waals surface area (Å²) in [6.45, 7) is 1.76. The molecule has 0 atom stereocenters. The summed E-state index contributed by atoms with van der Waals surface area (Å²) >= 11 is 0. The Morgan fingerprint density at radius 3 is 1.50 bits per heavy atom. The lowest BCUT2D eigenvalue weighted by atomic mass is 9.80. The highest BCUT2D eigenvalue weighted by Crippen LogP contribution is 2.58. The van der Waals surface area contributed by atoms with Crippen LogP contribution in [0.5, 0.6) is 0 Å². The number of rotatable bonds is 0. The summed E-state index contributed by atoms with van der Waals surface area (Å²) in [5.74, 6) is -2.24. The van der Waals surface area contributed by atoms with Gasteiger partial charge in [-0.1, -0.05) is 0 Å². The van der Waals surface area contributed by atoms with Gasteiger partial charge in [0.05, 0.1) is 37.8 Å². The lowest BCUT2D eigenvalue weighted by molar-refractivity contribution is -0.483. The Balaban J connectivity index is 1.90. The van der Waals surface area contributed by atoms with Crippen molar-refractivity contribution in [3.63, 3.8) is 0 Å². The molecule has 2 aromatic heterocycles. The van der Waals surface area contributed by atoms with Gasteiger partial charge in [0.2, 0.25) is 0 Å². The van der Waals surface area contributed by atoms with Gasteiger partial charge in [0.15, 0.2) is 0 Å². The molecule has 6 heteroatoms. The number of ether oxygens (including phenoxy) is 4. The van der Waals surface area contributed by atoms with E-state index in [9.17, 15) is 0 Å². The van der Waals surface area contributed by atoms with Gasteiger partial charge in [-0.05, 0) is 24.3 Å². The molecule has 2 saturated heterocycles. The minimum atomic E-state index is -1.12. The van der Waals surface area contributed by atoms with Crippen molar-refractivity contribution in [1.82, 2.24) is 9.97 Å². The van der Waals surface area contributed by atoms with Crippen molar-refractivity contribution in [1.29, 1.82) is 0 Å². The third-order valence-corrected chi connectivity index (χ3v) is 4.37. The van der Waals surface area contributed by atoms with E-state index in [2.05, 4.69) is 9.97 Å². The monoisotopic (exact) mass is 298 g/mol. The molecular formula is C16H14N2O4. The van der Waals surface area contributed by atoms with Crippen molar-refractivity contribution < 1.29 is 18.9 Å². The topological polar surface area (TPSA) is 62.7 Å². The fourth-order valence-corrected chi connectivity index (χ4v) is 3.59. The molecule has 0 N–H and O–H groups in total. The van der Waals surface area contributed by atoms with Crippen LogP contribution in [-0.4, -0.2) is 36.4 Å². The van der Waals surface area contributed by atoms with Crippen LogP contribution >= 0.6 is 0 Å². The Hall–Kier alpha value is -1.86. The number of pyridine rings is 2. The molecule has 112 valence electrons. The Morgan fingerprint density at radius 1 is 0.682 bits per heavy atom. The Bertz CT molecular complexity index is 673. The SMILES string of the molecule is c1cnc2c(c1)C13OCCOC1(OCCO3)c1cccnc1-2. The summed E-state index contributed by atoms with van der Waals surface area (Å²) in [6, 6.07) is 7.61. The Morgan fingerprint density at radius 2 is 1.09 bits per heavy atom. The van der Waals surface area contributed by atoms with E-state index in [1.807, 2.05) is 24.3 Å². The van der Waals surface area contributed by atoms with E-state index in [1.165, 1.54) is 0 Å². The molecule has 2 fully saturated rings. The molecule has 2 aliphatic heterocycles. The summed E-state index contributed by atoms with van der Waals surface area (Å²) in [4.78, 5) is 9.00. The first kappa shape index (κ1) is 12.7. The second-order valence-corrected chi connectivity index (χ2v) is 5.43. The number of fused-ring (bicyclic) bond motifs is 3. The second-order valence-electron chi connectivity index (χ2n) is 5.43. The largest absolute Gasteiger partial charge is 0.339 e. The molecule has 1 aliphatic carbocycles. The highest BCUT2D eigenvalue weighted by molar-refractivity contribution is 5.69. The molecule has 6 nitrogen and oxygen atoms in total. The minimum absolute atomic E-state index is 0.440. The van der Waals surface area contributed by atoms with Gasteiger partial charge in [-0.25, -0.2) is 0 Å². The molecule has 4 heterocycles. The number of hydrogen-bond acceptors (Lipinski definition) is 6. The van der Waals surface area contributed by atoms with Crippen LogP contribution in [0.3, 0.4) is 0 Å². The lowest BCUT2D eigenvalue weighted by Crippen LogP contribution is -2.64. The van der Waals surface area contributed by atoms with E-state index in [0.717, 1.165) is 22.5 Å². The first-order valence-electron chi connectivity index (χ1n) is 7.35. The fourth-order valence-electron chi connectivity index (χ4n) is 3.59. The number of nitrogens with zero attached hydrogens (tertiary/aromatic N) is 2. The van der Waals surface area contributed by atoms with Crippen LogP contribution in [0.1, 0.15) is 11.1 Å². The molecule has 5 rings (SSSR count). The highest BCUT2D eigenvalue weighted by atomic mass is 16.8. The molecule has 0 bridgehead atoms. The standard InChI is InChI=1S/C16H14N2O4/c1-3-11-13(17-5-1)14-12(4-2-6-18-14)16-15(11,19-7-9-21-16)20-8-10-22-16/h1-6H,7-10H2. The van der Waals surface area contributed by atoms with Crippen LogP contribution in [0, 0.1) is 0 Å². The summed E-state index contributed by atoms with van der Waals surface area (Å²) < 4.78 is 24.4. The summed E-state index contributed by atoms with van der Waals surface area (Å²) in [5, 5.41) is 0. The van der Waals surface area contributed by atoms with Gasteiger partial charge >= 0.3 is 0 Å². The maximum Gasteiger partial charge on any atom is 0.258 e. The van der Waals surface area contributed by atoms with Gasteiger partial charge < -0.3 is 18.9 Å². The zero-order valence-corrected chi connectivity index (χ0v) is 11.8. The van der Waals surface area contributed by atoms with Crippen LogP contribution in [-0.2, 0) is 30.5 Å². The molecule has 0 spiro atoms. The Kier molecular flexibility index (Phi) is 2.49. The van der Waals surface area contributed by atoms with Crippen LogP contribution in [0.15, 0.2) is 36.7 Å². The summed E-state index contributed by atoms with van der Waals surface area (Å²) in [5.41, 5.74) is 3.12. The molecular weight excluding hydrogens is 284 g/mol. The third-order valence-electron chi connectivity index (χ3n) is 4.37. The first-order valence-corrected chi connectivity index (χ1v) is 7.35.